The maximum Gasteiger partial charge on any atom is 0.239 e. The van der Waals surface area contributed by atoms with Crippen molar-refractivity contribution in [1.82, 2.24) is 9.55 Å². The summed E-state index contributed by atoms with van der Waals surface area (Å²) >= 11 is 11.9. The van der Waals surface area contributed by atoms with Gasteiger partial charge in [0.15, 0.2) is 0 Å². The van der Waals surface area contributed by atoms with E-state index in [0.717, 1.165) is 12.2 Å². The number of halogens is 2. The summed E-state index contributed by atoms with van der Waals surface area (Å²) in [5.41, 5.74) is 0.861. The normalized spacial score (nSPS) is 11.6. The van der Waals surface area contributed by atoms with E-state index >= 15 is 0 Å². The van der Waals surface area contributed by atoms with Gasteiger partial charge in [-0.3, -0.25) is 0 Å². The number of imidazole rings is 1. The lowest BCUT2D eigenvalue weighted by molar-refractivity contribution is 0.295. The van der Waals surface area contributed by atoms with Gasteiger partial charge in [-0.05, 0) is 19.1 Å². The van der Waals surface area contributed by atoms with Crippen molar-refractivity contribution in [1.29, 1.82) is 0 Å². The minimum absolute atomic E-state index is 0.00533. The highest BCUT2D eigenvalue weighted by Gasteiger charge is 2.18. The number of primary sulfonamides is 1. The van der Waals surface area contributed by atoms with Crippen LogP contribution < -0.4 is 9.88 Å². The number of hydrogen-bond acceptors (Lipinski definition) is 4. The molecule has 2 N–H and O–H groups in total. The van der Waals surface area contributed by atoms with Gasteiger partial charge in [0.25, 0.3) is 0 Å². The molecule has 2 aromatic rings. The van der Waals surface area contributed by atoms with Gasteiger partial charge >= 0.3 is 0 Å². The number of sulfonamides is 1. The first-order chi connectivity index (χ1) is 9.84. The SMILES string of the molecule is CCn1cncc1COc1ccc(S(N)(=O)=O)c(Cl)c1Cl. The van der Waals surface area contributed by atoms with Crippen molar-refractivity contribution in [3.05, 3.63) is 40.4 Å². The average molecular weight is 350 g/mol. The fourth-order valence-electron chi connectivity index (χ4n) is 1.75. The molecule has 0 aliphatic carbocycles. The molecule has 1 heterocycles. The lowest BCUT2D eigenvalue weighted by Crippen LogP contribution is -2.13. The summed E-state index contributed by atoms with van der Waals surface area (Å²) in [5.74, 6) is 0.276. The zero-order valence-electron chi connectivity index (χ0n) is 11.1. The first kappa shape index (κ1) is 16.1. The Morgan fingerprint density at radius 1 is 1.33 bits per heavy atom. The predicted molar refractivity (Wildman–Crippen MR) is 80.1 cm³/mol. The molecule has 0 saturated carbocycles. The second-order valence-corrected chi connectivity index (χ2v) is 6.48. The molecule has 0 spiro atoms. The van der Waals surface area contributed by atoms with E-state index in [9.17, 15) is 8.42 Å². The number of aromatic nitrogens is 2. The summed E-state index contributed by atoms with van der Waals surface area (Å²) in [6.07, 6.45) is 3.37. The van der Waals surface area contributed by atoms with Crippen LogP contribution in [0.5, 0.6) is 5.75 Å². The highest BCUT2D eigenvalue weighted by molar-refractivity contribution is 7.89. The summed E-state index contributed by atoms with van der Waals surface area (Å²) in [5, 5.41) is 4.90. The number of benzene rings is 1. The van der Waals surface area contributed by atoms with Crippen LogP contribution in [0.15, 0.2) is 29.6 Å². The number of hydrogen-bond donors (Lipinski definition) is 1. The molecule has 0 amide bonds. The second-order valence-electron chi connectivity index (χ2n) is 4.19. The Morgan fingerprint density at radius 3 is 2.67 bits per heavy atom. The van der Waals surface area contributed by atoms with Gasteiger partial charge in [0, 0.05) is 6.54 Å². The van der Waals surface area contributed by atoms with Gasteiger partial charge < -0.3 is 9.30 Å². The number of ether oxygens (including phenoxy) is 1. The maximum atomic E-state index is 11.3. The lowest BCUT2D eigenvalue weighted by atomic mass is 10.3. The van der Waals surface area contributed by atoms with Gasteiger partial charge in [-0.15, -0.1) is 0 Å². The third-order valence-electron chi connectivity index (χ3n) is 2.83. The van der Waals surface area contributed by atoms with Crippen molar-refractivity contribution in [2.75, 3.05) is 0 Å². The molecule has 114 valence electrons. The topological polar surface area (TPSA) is 87.2 Å². The monoisotopic (exact) mass is 349 g/mol. The second kappa shape index (κ2) is 6.23. The van der Waals surface area contributed by atoms with Crippen LogP contribution in [0.25, 0.3) is 0 Å². The van der Waals surface area contributed by atoms with Crippen molar-refractivity contribution < 1.29 is 13.2 Å². The van der Waals surface area contributed by atoms with E-state index in [1.165, 1.54) is 12.1 Å². The predicted octanol–water partition coefficient (Wildman–Crippen LogP) is 2.44. The van der Waals surface area contributed by atoms with Gasteiger partial charge in [-0.2, -0.15) is 0 Å². The van der Waals surface area contributed by atoms with E-state index in [1.807, 2.05) is 11.5 Å². The van der Waals surface area contributed by atoms with Gasteiger partial charge in [0.1, 0.15) is 22.3 Å². The number of aryl methyl sites for hydroxylation is 1. The average Bonchev–Trinajstić information content (AvgIpc) is 2.86. The highest BCUT2D eigenvalue weighted by atomic mass is 35.5. The molecule has 6 nitrogen and oxygen atoms in total. The van der Waals surface area contributed by atoms with E-state index in [2.05, 4.69) is 4.98 Å². The molecular weight excluding hydrogens is 337 g/mol. The van der Waals surface area contributed by atoms with Gasteiger partial charge in [0.2, 0.25) is 10.0 Å². The zero-order valence-corrected chi connectivity index (χ0v) is 13.4. The quantitative estimate of drug-likeness (QED) is 0.897. The first-order valence-corrected chi connectivity index (χ1v) is 8.27. The first-order valence-electron chi connectivity index (χ1n) is 5.97. The molecule has 0 fully saturated rings. The van der Waals surface area contributed by atoms with Gasteiger partial charge in [-0.1, -0.05) is 23.2 Å². The molecular formula is C12H13Cl2N3O3S. The summed E-state index contributed by atoms with van der Waals surface area (Å²) < 4.78 is 30.1. The zero-order chi connectivity index (χ0) is 15.6. The number of rotatable bonds is 5. The van der Waals surface area contributed by atoms with Crippen LogP contribution in [0, 0.1) is 0 Å². The molecule has 0 unspecified atom stereocenters. The fourth-order valence-corrected chi connectivity index (χ4v) is 3.11. The largest absolute Gasteiger partial charge is 0.486 e. The molecule has 0 saturated heterocycles. The Labute approximate surface area is 132 Å². The van der Waals surface area contributed by atoms with Crippen LogP contribution in [0.2, 0.25) is 10.0 Å². The molecule has 1 aromatic heterocycles. The van der Waals surface area contributed by atoms with Crippen LogP contribution in [0.1, 0.15) is 12.6 Å². The van der Waals surface area contributed by atoms with Crippen LogP contribution >= 0.6 is 23.2 Å². The smallest absolute Gasteiger partial charge is 0.239 e. The van der Waals surface area contributed by atoms with E-state index < -0.39 is 10.0 Å². The van der Waals surface area contributed by atoms with Crippen molar-refractivity contribution in [3.8, 4) is 5.75 Å². The molecule has 0 aliphatic rings. The summed E-state index contributed by atoms with van der Waals surface area (Å²) in [7, 11) is -3.93. The highest BCUT2D eigenvalue weighted by Crippen LogP contribution is 2.36. The minimum Gasteiger partial charge on any atom is -0.486 e. The fraction of sp³-hybridized carbons (Fsp3) is 0.250. The Hall–Kier alpha value is -1.28. The Kier molecular flexibility index (Phi) is 4.77. The van der Waals surface area contributed by atoms with E-state index in [0.29, 0.717) is 0 Å². The minimum atomic E-state index is -3.93. The Balaban J connectivity index is 2.24. The van der Waals surface area contributed by atoms with E-state index in [-0.39, 0.29) is 27.3 Å². The van der Waals surface area contributed by atoms with Gasteiger partial charge in [0.05, 0.1) is 23.2 Å². The number of nitrogens with zero attached hydrogens (tertiary/aromatic N) is 2. The molecule has 9 heteroatoms. The summed E-state index contributed by atoms with van der Waals surface area (Å²) in [6, 6.07) is 2.68. The standard InChI is InChI=1S/C12H13Cl2N3O3S/c1-2-17-7-16-5-8(17)6-20-9-3-4-10(21(15,18)19)12(14)11(9)13/h3-5,7H,2,6H2,1H3,(H2,15,18,19). The van der Waals surface area contributed by atoms with Crippen molar-refractivity contribution in [3.63, 3.8) is 0 Å². The van der Waals surface area contributed by atoms with Crippen LogP contribution in [-0.2, 0) is 23.2 Å². The van der Waals surface area contributed by atoms with Crippen LogP contribution in [-0.4, -0.2) is 18.0 Å². The van der Waals surface area contributed by atoms with E-state index in [4.69, 9.17) is 33.1 Å². The molecule has 0 aliphatic heterocycles. The Bertz CT molecular complexity index is 759. The van der Waals surface area contributed by atoms with E-state index in [1.54, 1.807) is 12.5 Å². The summed E-state index contributed by atoms with van der Waals surface area (Å²) in [4.78, 5) is 3.78. The van der Waals surface area contributed by atoms with Crippen molar-refractivity contribution in [2.24, 2.45) is 5.14 Å². The maximum absolute atomic E-state index is 11.3. The molecule has 0 radical (unpaired) electrons. The molecule has 21 heavy (non-hydrogen) atoms. The van der Waals surface area contributed by atoms with Gasteiger partial charge in [-0.25, -0.2) is 18.5 Å². The van der Waals surface area contributed by atoms with Crippen LogP contribution in [0.4, 0.5) is 0 Å². The molecule has 0 atom stereocenters. The molecule has 0 bridgehead atoms. The molecule has 1 aromatic carbocycles. The third-order valence-corrected chi connectivity index (χ3v) is 4.76. The van der Waals surface area contributed by atoms with Crippen LogP contribution in [0.3, 0.4) is 0 Å². The third kappa shape index (κ3) is 3.49. The molecule has 2 rings (SSSR count). The van der Waals surface area contributed by atoms with Crippen molar-refractivity contribution >= 4 is 33.2 Å². The number of nitrogens with two attached hydrogens (primary N) is 1. The Morgan fingerprint density at radius 2 is 2.05 bits per heavy atom. The summed E-state index contributed by atoms with van der Waals surface area (Å²) in [6.45, 7) is 2.98. The van der Waals surface area contributed by atoms with Crippen molar-refractivity contribution in [2.45, 2.75) is 25.0 Å². The lowest BCUT2D eigenvalue weighted by Gasteiger charge is -2.11.